The minimum Gasteiger partial charge on any atom is -0.458 e. The SMILES string of the molecule is O=C1C(=Cc2cc3c(s2)-c2cc4c(cc2C(C(=O)OCc2ccccc2)(C(=O)OCc2ccccc2)O3)-c2sc(C=C3C(=O)c5cc6cc(F)c(F)cc6cc5C3O)cc2OC4(C(=O)OCc2ccccc2)C(=O)OCc2ccccc2)C(=O)c2cc3cc(F)c(F)cc3cc21. The lowest BCUT2D eigenvalue weighted by molar-refractivity contribution is -0.185. The summed E-state index contributed by atoms with van der Waals surface area (Å²) in [5.74, 6) is -12.4. The molecular formula is C76H44F4O14S2. The van der Waals surface area contributed by atoms with Gasteiger partial charge in [-0.1, -0.05) is 121 Å². The molecule has 15 rings (SSSR count). The Morgan fingerprint density at radius 2 is 0.750 bits per heavy atom. The molecule has 4 heterocycles. The highest BCUT2D eigenvalue weighted by Gasteiger charge is 2.62. The molecule has 4 aliphatic rings. The van der Waals surface area contributed by atoms with Gasteiger partial charge in [0, 0.05) is 54.3 Å². The maximum absolute atomic E-state index is 15.8. The number of hydrogen-bond acceptors (Lipinski definition) is 16. The Labute approximate surface area is 549 Å². The van der Waals surface area contributed by atoms with Gasteiger partial charge >= 0.3 is 35.1 Å². The number of Topliss-reactive ketones (excluding diaryl/α,β-unsaturated/α-hetero) is 3. The van der Waals surface area contributed by atoms with Gasteiger partial charge in [0.25, 0.3) is 0 Å². The molecule has 1 unspecified atom stereocenters. The van der Waals surface area contributed by atoms with Crippen LogP contribution in [0.5, 0.6) is 11.5 Å². The van der Waals surface area contributed by atoms with Gasteiger partial charge in [-0.3, -0.25) is 14.4 Å². The molecule has 2 aliphatic heterocycles. The van der Waals surface area contributed by atoms with Gasteiger partial charge in [0.05, 0.1) is 15.3 Å². The van der Waals surface area contributed by atoms with E-state index in [1.807, 2.05) is 0 Å². The number of rotatable bonds is 14. The van der Waals surface area contributed by atoms with Crippen molar-refractivity contribution in [2.75, 3.05) is 0 Å². The fourth-order valence-corrected chi connectivity index (χ4v) is 14.5. The third-order valence-corrected chi connectivity index (χ3v) is 19.3. The van der Waals surface area contributed by atoms with Gasteiger partial charge in [-0.05, 0) is 134 Å². The van der Waals surface area contributed by atoms with Crippen molar-refractivity contribution < 1.29 is 84.7 Å². The Kier molecular flexibility index (Phi) is 15.1. The van der Waals surface area contributed by atoms with E-state index in [0.717, 1.165) is 46.9 Å². The van der Waals surface area contributed by atoms with Crippen LogP contribution in [0.15, 0.2) is 205 Å². The second kappa shape index (κ2) is 23.8. The predicted molar refractivity (Wildman–Crippen MR) is 344 cm³/mol. The number of carbonyl (C=O) groups is 7. The number of fused-ring (bicyclic) bond motifs is 10. The fraction of sp³-hybridized carbons (Fsp3) is 0.0921. The van der Waals surface area contributed by atoms with Crippen LogP contribution in [0, 0.1) is 23.3 Å². The molecule has 0 amide bonds. The van der Waals surface area contributed by atoms with Crippen molar-refractivity contribution in [2.45, 2.75) is 43.7 Å². The van der Waals surface area contributed by atoms with E-state index < -0.39 is 108 Å². The van der Waals surface area contributed by atoms with Crippen molar-refractivity contribution in [3.63, 3.8) is 0 Å². The highest BCUT2D eigenvalue weighted by molar-refractivity contribution is 7.17. The monoisotopic (exact) mass is 1320 g/mol. The maximum atomic E-state index is 15.8. The van der Waals surface area contributed by atoms with E-state index in [1.54, 1.807) is 121 Å². The first-order chi connectivity index (χ1) is 46.4. The molecule has 0 radical (unpaired) electrons. The Morgan fingerprint density at radius 3 is 1.11 bits per heavy atom. The first-order valence-corrected chi connectivity index (χ1v) is 31.4. The van der Waals surface area contributed by atoms with Crippen molar-refractivity contribution in [3.8, 4) is 32.4 Å². The number of hydrogen-bond donors (Lipinski definition) is 1. The first-order valence-electron chi connectivity index (χ1n) is 29.8. The van der Waals surface area contributed by atoms with Gasteiger partial charge in [-0.15, -0.1) is 22.7 Å². The van der Waals surface area contributed by atoms with Crippen LogP contribution in [0.4, 0.5) is 17.6 Å². The number of aliphatic hydroxyl groups excluding tert-OH is 1. The molecule has 1 N–H and O–H groups in total. The molecule has 11 aromatic rings. The van der Waals surface area contributed by atoms with Crippen LogP contribution in [-0.4, -0.2) is 46.3 Å². The van der Waals surface area contributed by atoms with Crippen LogP contribution < -0.4 is 9.47 Å². The molecule has 2 aromatic heterocycles. The zero-order chi connectivity index (χ0) is 66.3. The van der Waals surface area contributed by atoms with E-state index in [-0.39, 0.29) is 108 Å². The van der Waals surface area contributed by atoms with Crippen LogP contribution in [0.25, 0.3) is 54.6 Å². The number of halogens is 4. The molecule has 1 atom stereocenters. The normalized spacial score (nSPS) is 15.6. The Morgan fingerprint density at radius 1 is 0.417 bits per heavy atom. The third kappa shape index (κ3) is 10.3. The lowest BCUT2D eigenvalue weighted by Gasteiger charge is -2.39. The molecule has 0 fully saturated rings. The van der Waals surface area contributed by atoms with E-state index >= 15 is 19.2 Å². The summed E-state index contributed by atoms with van der Waals surface area (Å²) in [6, 6.07) is 48.6. The molecule has 472 valence electrons. The smallest absolute Gasteiger partial charge is 0.367 e. The Balaban J connectivity index is 0.952. The topological polar surface area (TPSA) is 195 Å². The molecule has 9 aromatic carbocycles. The fourth-order valence-electron chi connectivity index (χ4n) is 12.3. The summed E-state index contributed by atoms with van der Waals surface area (Å²) < 4.78 is 96.2. The average molecular weight is 1320 g/mol. The Bertz CT molecular complexity index is 5060. The highest BCUT2D eigenvalue weighted by atomic mass is 32.1. The number of ketones is 3. The summed E-state index contributed by atoms with van der Waals surface area (Å²) in [5, 5.41) is 12.6. The summed E-state index contributed by atoms with van der Waals surface area (Å²) in [6.07, 6.45) is 1.03. The summed E-state index contributed by atoms with van der Waals surface area (Å²) in [6.45, 7) is -1.63. The second-order valence-corrected chi connectivity index (χ2v) is 25.2. The second-order valence-electron chi connectivity index (χ2n) is 23.1. The summed E-state index contributed by atoms with van der Waals surface area (Å²) in [5.41, 5.74) is -5.11. The molecule has 2 aliphatic carbocycles. The minimum atomic E-state index is -2.96. The van der Waals surface area contributed by atoms with Crippen LogP contribution in [0.2, 0.25) is 0 Å². The number of aliphatic hydroxyl groups is 1. The quantitative estimate of drug-likeness (QED) is 0.0270. The van der Waals surface area contributed by atoms with Crippen molar-refractivity contribution in [2.24, 2.45) is 0 Å². The molecule has 96 heavy (non-hydrogen) atoms. The Hall–Kier alpha value is -11.5. The molecule has 20 heteroatoms. The minimum absolute atomic E-state index is 0.0147. The van der Waals surface area contributed by atoms with Crippen molar-refractivity contribution in [1.29, 1.82) is 0 Å². The molecular weight excluding hydrogens is 1280 g/mol. The van der Waals surface area contributed by atoms with E-state index in [4.69, 9.17) is 28.4 Å². The number of benzene rings is 9. The van der Waals surface area contributed by atoms with Gasteiger partial charge < -0.3 is 33.5 Å². The van der Waals surface area contributed by atoms with E-state index in [0.29, 0.717) is 22.3 Å². The van der Waals surface area contributed by atoms with Gasteiger partial charge in [0.15, 0.2) is 40.6 Å². The highest BCUT2D eigenvalue weighted by Crippen LogP contribution is 2.58. The van der Waals surface area contributed by atoms with Crippen LogP contribution in [0.3, 0.4) is 0 Å². The van der Waals surface area contributed by atoms with Gasteiger partial charge in [-0.2, -0.15) is 0 Å². The zero-order valence-corrected chi connectivity index (χ0v) is 51.3. The van der Waals surface area contributed by atoms with Crippen molar-refractivity contribution >= 4 is 97.6 Å². The van der Waals surface area contributed by atoms with Gasteiger partial charge in [-0.25, -0.2) is 36.7 Å². The van der Waals surface area contributed by atoms with Crippen LogP contribution >= 0.6 is 22.7 Å². The van der Waals surface area contributed by atoms with E-state index in [1.165, 1.54) is 60.7 Å². The van der Waals surface area contributed by atoms with Crippen molar-refractivity contribution in [3.05, 3.63) is 294 Å². The zero-order valence-electron chi connectivity index (χ0n) is 49.6. The lowest BCUT2D eigenvalue weighted by atomic mass is 9.78. The molecule has 0 saturated heterocycles. The number of ether oxygens (including phenoxy) is 6. The predicted octanol–water partition coefficient (Wildman–Crippen LogP) is 14.9. The molecule has 0 bridgehead atoms. The van der Waals surface area contributed by atoms with E-state index in [2.05, 4.69) is 0 Å². The first kappa shape index (κ1) is 60.8. The summed E-state index contributed by atoms with van der Waals surface area (Å²) in [4.78, 5) is 107. The third-order valence-electron chi connectivity index (χ3n) is 17.1. The molecule has 14 nitrogen and oxygen atoms in total. The molecule has 0 saturated carbocycles. The standard InChI is InChI=1S/C76H44F4O14S2/c77-59-25-43-21-49-50(22-44(43)26-60(59)78)66(82)55(65(49)81)29-47-31-63-69(95-47)53-34-58-54(33-57(53)75(93-63,71(85)89-35-39-13-5-1-6-14-39)72(86)90-36-40-15-7-2-8-16-40)70-64(32-48(96-70)30-56-67(83)51-23-45-27-61(79)62(80)28-46(45)24-52(51)68(56)84)94-76(58,73(87)91-37-41-17-9-3-10-18-41)74(88)92-38-42-19-11-4-12-20-42/h1-34,65,81H,35-38H2. The van der Waals surface area contributed by atoms with Gasteiger partial charge in [0.1, 0.15) is 44.0 Å². The van der Waals surface area contributed by atoms with Crippen LogP contribution in [-0.2, 0) is 75.8 Å². The number of thiophene rings is 2. The number of esters is 4. The largest absolute Gasteiger partial charge is 0.458 e. The summed E-state index contributed by atoms with van der Waals surface area (Å²) in [7, 11) is 0. The summed E-state index contributed by atoms with van der Waals surface area (Å²) >= 11 is 1.85. The number of carbonyl (C=O) groups excluding carboxylic acids is 7. The van der Waals surface area contributed by atoms with Crippen LogP contribution in [0.1, 0.15) is 85.9 Å². The van der Waals surface area contributed by atoms with Crippen molar-refractivity contribution in [1.82, 2.24) is 0 Å². The lowest BCUT2D eigenvalue weighted by Crippen LogP contribution is -2.54. The van der Waals surface area contributed by atoms with E-state index in [9.17, 15) is 37.1 Å². The maximum Gasteiger partial charge on any atom is 0.367 e. The van der Waals surface area contributed by atoms with Gasteiger partial charge in [0.2, 0.25) is 0 Å². The molecule has 0 spiro atoms. The average Bonchev–Trinajstić information content (AvgIpc) is 1.16. The number of allylic oxidation sites excluding steroid dienone is 1.